The molecule has 0 saturated heterocycles. The molecule has 3 heteroatoms. The van der Waals surface area contributed by atoms with E-state index in [1.807, 2.05) is 36.4 Å². The van der Waals surface area contributed by atoms with Gasteiger partial charge in [-0.05, 0) is 41.6 Å². The second kappa shape index (κ2) is 7.52. The van der Waals surface area contributed by atoms with Crippen LogP contribution in [0.3, 0.4) is 0 Å². The Hall–Kier alpha value is -2.99. The van der Waals surface area contributed by atoms with Crippen LogP contribution >= 0.6 is 0 Å². The molecule has 1 heterocycles. The Morgan fingerprint density at radius 1 is 1.08 bits per heavy atom. The smallest absolute Gasteiger partial charge is 0.220 e. The highest BCUT2D eigenvalue weighted by atomic mass is 16.1. The van der Waals surface area contributed by atoms with Gasteiger partial charge in [0.05, 0.1) is 6.54 Å². The van der Waals surface area contributed by atoms with E-state index in [2.05, 4.69) is 46.1 Å². The minimum absolute atomic E-state index is 0.0674. The molecular weight excluding hydrogens is 296 g/mol. The lowest BCUT2D eigenvalue weighted by Gasteiger charge is -2.01. The van der Waals surface area contributed by atoms with E-state index in [-0.39, 0.29) is 5.91 Å². The van der Waals surface area contributed by atoms with Crippen molar-refractivity contribution in [3.63, 3.8) is 0 Å². The molecule has 0 spiro atoms. The molecule has 0 aliphatic heterocycles. The molecule has 0 unspecified atom stereocenters. The number of para-hydroxylation sites is 1. The van der Waals surface area contributed by atoms with E-state index in [1.54, 1.807) is 7.05 Å². The summed E-state index contributed by atoms with van der Waals surface area (Å²) in [5.41, 5.74) is 3.35. The fourth-order valence-corrected chi connectivity index (χ4v) is 2.64. The zero-order chi connectivity index (χ0) is 16.8. The number of nitrogens with one attached hydrogen (secondary N) is 1. The number of hydrogen-bond acceptors (Lipinski definition) is 1. The quantitative estimate of drug-likeness (QED) is 0.736. The van der Waals surface area contributed by atoms with Crippen LogP contribution < -0.4 is 5.32 Å². The van der Waals surface area contributed by atoms with Crippen LogP contribution in [-0.4, -0.2) is 17.5 Å². The van der Waals surface area contributed by atoms with E-state index in [9.17, 15) is 4.79 Å². The molecule has 0 bridgehead atoms. The number of nitrogens with zero attached hydrogens (tertiary/aromatic N) is 1. The molecule has 1 N–H and O–H groups in total. The van der Waals surface area contributed by atoms with Crippen molar-refractivity contribution in [2.24, 2.45) is 0 Å². The largest absolute Gasteiger partial charge is 0.359 e. The Bertz CT molecular complexity index is 895. The molecule has 3 rings (SSSR count). The molecule has 0 fully saturated rings. The van der Waals surface area contributed by atoms with E-state index < -0.39 is 0 Å². The second-order valence-corrected chi connectivity index (χ2v) is 5.67. The maximum atomic E-state index is 11.3. The van der Waals surface area contributed by atoms with Gasteiger partial charge in [0.2, 0.25) is 5.91 Å². The number of carbonyl (C=O) groups is 1. The van der Waals surface area contributed by atoms with Crippen LogP contribution in [0.5, 0.6) is 0 Å². The highest BCUT2D eigenvalue weighted by Gasteiger charge is 2.00. The van der Waals surface area contributed by atoms with Crippen molar-refractivity contribution in [3.05, 3.63) is 71.9 Å². The molecule has 24 heavy (non-hydrogen) atoms. The van der Waals surface area contributed by atoms with Crippen molar-refractivity contribution in [2.45, 2.75) is 19.4 Å². The molecule has 3 nitrogen and oxygen atoms in total. The average molecular weight is 316 g/mol. The summed E-state index contributed by atoms with van der Waals surface area (Å²) in [6, 6.07) is 18.5. The van der Waals surface area contributed by atoms with Crippen LogP contribution in [0.1, 0.15) is 17.5 Å². The number of aryl methyl sites for hydroxylation is 1. The third kappa shape index (κ3) is 3.85. The molecule has 0 saturated carbocycles. The highest BCUT2D eigenvalue weighted by Crippen LogP contribution is 2.14. The van der Waals surface area contributed by atoms with Crippen LogP contribution in [0.25, 0.3) is 10.9 Å². The average Bonchev–Trinajstić information content (AvgIpc) is 3.04. The summed E-state index contributed by atoms with van der Waals surface area (Å²) in [5.74, 6) is 6.49. The van der Waals surface area contributed by atoms with Gasteiger partial charge >= 0.3 is 0 Å². The third-order valence-electron chi connectivity index (χ3n) is 4.04. The number of fused-ring (bicyclic) bond motifs is 1. The Morgan fingerprint density at radius 2 is 1.88 bits per heavy atom. The maximum Gasteiger partial charge on any atom is 0.220 e. The summed E-state index contributed by atoms with van der Waals surface area (Å²) in [4.78, 5) is 11.3. The van der Waals surface area contributed by atoms with Crippen LogP contribution in [-0.2, 0) is 17.8 Å². The summed E-state index contributed by atoms with van der Waals surface area (Å²) < 4.78 is 2.15. The molecule has 1 aromatic heterocycles. The van der Waals surface area contributed by atoms with E-state index in [1.165, 1.54) is 10.9 Å². The fraction of sp³-hybridized carbons (Fsp3) is 0.190. The highest BCUT2D eigenvalue weighted by molar-refractivity contribution is 5.80. The van der Waals surface area contributed by atoms with Gasteiger partial charge in [-0.15, -0.1) is 0 Å². The van der Waals surface area contributed by atoms with Crippen LogP contribution in [0.4, 0.5) is 0 Å². The minimum atomic E-state index is 0.0674. The van der Waals surface area contributed by atoms with Gasteiger partial charge in [-0.25, -0.2) is 0 Å². The molecule has 2 aromatic carbocycles. The number of aromatic nitrogens is 1. The van der Waals surface area contributed by atoms with Gasteiger partial charge in [0, 0.05) is 30.7 Å². The third-order valence-corrected chi connectivity index (χ3v) is 4.04. The van der Waals surface area contributed by atoms with Gasteiger partial charge in [0.25, 0.3) is 0 Å². The van der Waals surface area contributed by atoms with E-state index in [4.69, 9.17) is 0 Å². The van der Waals surface area contributed by atoms with Crippen molar-refractivity contribution in [3.8, 4) is 11.8 Å². The summed E-state index contributed by atoms with van der Waals surface area (Å²) in [7, 11) is 1.66. The van der Waals surface area contributed by atoms with Gasteiger partial charge in [-0.3, -0.25) is 4.79 Å². The monoisotopic (exact) mass is 316 g/mol. The number of hydrogen-bond donors (Lipinski definition) is 1. The lowest BCUT2D eigenvalue weighted by molar-refractivity contribution is -0.120. The van der Waals surface area contributed by atoms with Crippen LogP contribution in [0.15, 0.2) is 60.8 Å². The van der Waals surface area contributed by atoms with Gasteiger partial charge < -0.3 is 9.88 Å². The maximum absolute atomic E-state index is 11.3. The van der Waals surface area contributed by atoms with Crippen molar-refractivity contribution in [1.29, 1.82) is 0 Å². The lowest BCUT2D eigenvalue weighted by Crippen LogP contribution is -2.17. The first kappa shape index (κ1) is 15.9. The summed E-state index contributed by atoms with van der Waals surface area (Å²) in [6.45, 7) is 0.673. The Kier molecular flexibility index (Phi) is 4.98. The molecular formula is C21H20N2O. The first-order valence-corrected chi connectivity index (χ1v) is 8.08. The van der Waals surface area contributed by atoms with Gasteiger partial charge in [-0.2, -0.15) is 0 Å². The van der Waals surface area contributed by atoms with E-state index >= 15 is 0 Å². The van der Waals surface area contributed by atoms with Gasteiger partial charge in [0.1, 0.15) is 0 Å². The zero-order valence-electron chi connectivity index (χ0n) is 13.8. The number of rotatable bonds is 4. The fourth-order valence-electron chi connectivity index (χ4n) is 2.64. The summed E-state index contributed by atoms with van der Waals surface area (Å²) >= 11 is 0. The van der Waals surface area contributed by atoms with E-state index in [0.717, 1.165) is 17.5 Å². The van der Waals surface area contributed by atoms with Crippen molar-refractivity contribution < 1.29 is 4.79 Å². The predicted octanol–water partition coefficient (Wildman–Crippen LogP) is 3.37. The van der Waals surface area contributed by atoms with Crippen LogP contribution in [0, 0.1) is 11.8 Å². The number of amides is 1. The standard InChI is InChI=1S/C21H20N2O/c1-22-21(24)13-12-18-10-8-17(9-11-18)5-4-15-23-16-14-19-6-2-3-7-20(19)23/h2-3,6-11,14,16H,12-13,15H2,1H3,(H,22,24). The molecule has 0 aliphatic carbocycles. The Morgan fingerprint density at radius 3 is 2.67 bits per heavy atom. The first-order valence-electron chi connectivity index (χ1n) is 8.08. The summed E-state index contributed by atoms with van der Waals surface area (Å²) in [5, 5.41) is 3.87. The van der Waals surface area contributed by atoms with E-state index in [0.29, 0.717) is 13.0 Å². The zero-order valence-corrected chi connectivity index (χ0v) is 13.8. The number of benzene rings is 2. The molecule has 120 valence electrons. The predicted molar refractivity (Wildman–Crippen MR) is 97.6 cm³/mol. The lowest BCUT2D eigenvalue weighted by atomic mass is 10.1. The molecule has 0 atom stereocenters. The van der Waals surface area contributed by atoms with Crippen molar-refractivity contribution >= 4 is 16.8 Å². The van der Waals surface area contributed by atoms with Gasteiger partial charge in [0.15, 0.2) is 0 Å². The SMILES string of the molecule is CNC(=O)CCc1ccc(C#CCn2ccc3ccccc32)cc1. The van der Waals surface area contributed by atoms with Crippen molar-refractivity contribution in [2.75, 3.05) is 7.05 Å². The molecule has 1 amide bonds. The molecule has 0 aliphatic rings. The Balaban J connectivity index is 1.62. The van der Waals surface area contributed by atoms with Gasteiger partial charge in [-0.1, -0.05) is 42.2 Å². The van der Waals surface area contributed by atoms with Crippen LogP contribution in [0.2, 0.25) is 0 Å². The molecule has 0 radical (unpaired) electrons. The first-order chi connectivity index (χ1) is 11.8. The Labute approximate surface area is 142 Å². The molecule has 3 aromatic rings. The second-order valence-electron chi connectivity index (χ2n) is 5.67. The number of carbonyl (C=O) groups excluding carboxylic acids is 1. The normalized spacial score (nSPS) is 10.2. The van der Waals surface area contributed by atoms with Crippen molar-refractivity contribution in [1.82, 2.24) is 9.88 Å². The topological polar surface area (TPSA) is 34.0 Å². The minimum Gasteiger partial charge on any atom is -0.359 e. The summed E-state index contributed by atoms with van der Waals surface area (Å²) in [6.07, 6.45) is 3.34.